The van der Waals surface area contributed by atoms with Gasteiger partial charge in [0, 0.05) is 13.2 Å². The smallest absolute Gasteiger partial charge is 0.199 e. The van der Waals surface area contributed by atoms with Crippen molar-refractivity contribution in [1.82, 2.24) is 9.78 Å². The summed E-state index contributed by atoms with van der Waals surface area (Å²) in [5.74, 6) is -2.72. The Morgan fingerprint density at radius 3 is 2.59 bits per heavy atom. The Kier molecular flexibility index (Phi) is 2.75. The van der Waals surface area contributed by atoms with E-state index in [1.807, 2.05) is 0 Å². The number of aryl methyl sites for hydroxylation is 2. The fraction of sp³-hybridized carbons (Fsp3) is 0.167. The van der Waals surface area contributed by atoms with E-state index in [4.69, 9.17) is 0 Å². The van der Waals surface area contributed by atoms with Gasteiger partial charge in [-0.05, 0) is 19.1 Å². The Bertz CT molecular complexity index is 590. The average molecular weight is 236 g/mol. The third kappa shape index (κ3) is 1.95. The van der Waals surface area contributed by atoms with Crippen LogP contribution >= 0.6 is 0 Å². The van der Waals surface area contributed by atoms with Crippen molar-refractivity contribution in [3.8, 4) is 0 Å². The lowest BCUT2D eigenvalue weighted by Crippen LogP contribution is -2.06. The van der Waals surface area contributed by atoms with Crippen LogP contribution in [0.25, 0.3) is 0 Å². The van der Waals surface area contributed by atoms with Crippen molar-refractivity contribution in [3.63, 3.8) is 0 Å². The van der Waals surface area contributed by atoms with Gasteiger partial charge in [0.1, 0.15) is 0 Å². The molecule has 0 spiro atoms. The average Bonchev–Trinajstić information content (AvgIpc) is 2.61. The van der Waals surface area contributed by atoms with Crippen molar-refractivity contribution in [2.75, 3.05) is 0 Å². The second-order valence-electron chi connectivity index (χ2n) is 3.73. The number of nitrogens with zero attached hydrogens (tertiary/aromatic N) is 2. The lowest BCUT2D eigenvalue weighted by molar-refractivity contribution is 0.103. The molecule has 0 atom stereocenters. The monoisotopic (exact) mass is 236 g/mol. The van der Waals surface area contributed by atoms with Crippen molar-refractivity contribution in [2.45, 2.75) is 6.92 Å². The van der Waals surface area contributed by atoms with Gasteiger partial charge in [-0.1, -0.05) is 6.07 Å². The van der Waals surface area contributed by atoms with Crippen LogP contribution in [0.5, 0.6) is 0 Å². The minimum atomic E-state index is -1.12. The van der Waals surface area contributed by atoms with Crippen LogP contribution < -0.4 is 0 Å². The van der Waals surface area contributed by atoms with E-state index in [2.05, 4.69) is 5.10 Å². The maximum Gasteiger partial charge on any atom is 0.199 e. The van der Waals surface area contributed by atoms with Gasteiger partial charge < -0.3 is 0 Å². The van der Waals surface area contributed by atoms with E-state index in [0.29, 0.717) is 5.69 Å². The summed E-state index contributed by atoms with van der Waals surface area (Å²) in [6.07, 6.45) is 1.49. The molecule has 5 heteroatoms. The summed E-state index contributed by atoms with van der Waals surface area (Å²) in [6, 6.07) is 3.53. The second kappa shape index (κ2) is 4.08. The predicted molar refractivity (Wildman–Crippen MR) is 57.7 cm³/mol. The molecule has 3 nitrogen and oxygen atoms in total. The van der Waals surface area contributed by atoms with Crippen molar-refractivity contribution in [1.29, 1.82) is 0 Å². The molecule has 2 aromatic rings. The van der Waals surface area contributed by atoms with E-state index < -0.39 is 17.4 Å². The lowest BCUT2D eigenvalue weighted by Gasteiger charge is -2.01. The normalized spacial score (nSPS) is 10.6. The van der Waals surface area contributed by atoms with Gasteiger partial charge in [-0.2, -0.15) is 5.10 Å². The van der Waals surface area contributed by atoms with Crippen LogP contribution in [0.3, 0.4) is 0 Å². The molecule has 88 valence electrons. The highest BCUT2D eigenvalue weighted by Gasteiger charge is 2.19. The molecule has 1 aromatic heterocycles. The third-order valence-corrected chi connectivity index (χ3v) is 2.45. The molecular formula is C12H10F2N2O. The van der Waals surface area contributed by atoms with E-state index in [9.17, 15) is 13.6 Å². The van der Waals surface area contributed by atoms with Crippen molar-refractivity contribution in [2.24, 2.45) is 7.05 Å². The largest absolute Gasteiger partial charge is 0.288 e. The summed E-state index contributed by atoms with van der Waals surface area (Å²) in [5, 5.41) is 3.99. The van der Waals surface area contributed by atoms with Crippen LogP contribution in [0.1, 0.15) is 21.6 Å². The van der Waals surface area contributed by atoms with Gasteiger partial charge in [-0.3, -0.25) is 9.48 Å². The molecule has 0 aliphatic heterocycles. The van der Waals surface area contributed by atoms with Crippen LogP contribution in [-0.4, -0.2) is 15.6 Å². The number of hydrogen-bond donors (Lipinski definition) is 0. The van der Waals surface area contributed by atoms with E-state index in [1.165, 1.54) is 23.0 Å². The van der Waals surface area contributed by atoms with Gasteiger partial charge >= 0.3 is 0 Å². The fourth-order valence-corrected chi connectivity index (χ4v) is 1.65. The summed E-state index contributed by atoms with van der Waals surface area (Å²) >= 11 is 0. The second-order valence-corrected chi connectivity index (χ2v) is 3.73. The zero-order chi connectivity index (χ0) is 12.6. The van der Waals surface area contributed by atoms with Crippen molar-refractivity contribution in [3.05, 3.63) is 52.9 Å². The quantitative estimate of drug-likeness (QED) is 0.749. The Morgan fingerprint density at radius 1 is 1.29 bits per heavy atom. The molecule has 0 aliphatic carbocycles. The first-order valence-electron chi connectivity index (χ1n) is 4.99. The topological polar surface area (TPSA) is 34.9 Å². The Balaban J connectivity index is 2.51. The molecule has 0 saturated heterocycles. The van der Waals surface area contributed by atoms with Crippen molar-refractivity contribution >= 4 is 5.78 Å². The first kappa shape index (κ1) is 11.4. The first-order chi connectivity index (χ1) is 8.00. The molecule has 0 unspecified atom stereocenters. The maximum atomic E-state index is 13.5. The van der Waals surface area contributed by atoms with Crippen LogP contribution in [0, 0.1) is 18.6 Å². The Labute approximate surface area is 96.7 Å². The highest BCUT2D eigenvalue weighted by molar-refractivity contribution is 6.09. The summed E-state index contributed by atoms with van der Waals surface area (Å²) in [7, 11) is 1.66. The first-order valence-corrected chi connectivity index (χ1v) is 4.99. The van der Waals surface area contributed by atoms with Gasteiger partial charge in [0.2, 0.25) is 0 Å². The van der Waals surface area contributed by atoms with Gasteiger partial charge in [-0.25, -0.2) is 8.78 Å². The molecule has 1 heterocycles. The van der Waals surface area contributed by atoms with Gasteiger partial charge in [0.15, 0.2) is 17.4 Å². The van der Waals surface area contributed by atoms with Crippen molar-refractivity contribution < 1.29 is 13.6 Å². The lowest BCUT2D eigenvalue weighted by atomic mass is 10.0. The molecule has 0 radical (unpaired) electrons. The van der Waals surface area contributed by atoms with E-state index >= 15 is 0 Å². The molecule has 1 aromatic carbocycles. The summed E-state index contributed by atoms with van der Waals surface area (Å²) in [5.41, 5.74) is 0.485. The molecule has 0 aliphatic rings. The zero-order valence-corrected chi connectivity index (χ0v) is 9.37. The molecule has 0 bridgehead atoms. The molecule has 2 rings (SSSR count). The minimum Gasteiger partial charge on any atom is -0.288 e. The molecule has 0 saturated carbocycles. The molecular weight excluding hydrogens is 226 g/mol. The number of benzene rings is 1. The number of carbonyl (C=O) groups excluding carboxylic acids is 1. The zero-order valence-electron chi connectivity index (χ0n) is 9.37. The number of halogens is 2. The van der Waals surface area contributed by atoms with E-state index in [0.717, 1.165) is 6.07 Å². The number of hydrogen-bond acceptors (Lipinski definition) is 2. The fourth-order valence-electron chi connectivity index (χ4n) is 1.65. The highest BCUT2D eigenvalue weighted by Crippen LogP contribution is 2.17. The van der Waals surface area contributed by atoms with Crippen LogP contribution in [0.4, 0.5) is 8.78 Å². The molecule has 17 heavy (non-hydrogen) atoms. The Morgan fingerprint density at radius 2 is 2.00 bits per heavy atom. The standard InChI is InChI=1S/C12H10F2N2O/c1-7-9(6-16(2)15-7)12(17)8-4-3-5-10(13)11(8)14/h3-6H,1-2H3. The maximum absolute atomic E-state index is 13.5. The number of ketones is 1. The molecule has 0 N–H and O–H groups in total. The van der Waals surface area contributed by atoms with Gasteiger partial charge in [0.25, 0.3) is 0 Å². The number of aromatic nitrogens is 2. The van der Waals surface area contributed by atoms with Gasteiger partial charge in [-0.15, -0.1) is 0 Å². The minimum absolute atomic E-state index is 0.275. The van der Waals surface area contributed by atoms with E-state index in [1.54, 1.807) is 14.0 Å². The van der Waals surface area contributed by atoms with Crippen LogP contribution in [0.2, 0.25) is 0 Å². The summed E-state index contributed by atoms with van der Waals surface area (Å²) < 4.78 is 27.9. The highest BCUT2D eigenvalue weighted by atomic mass is 19.2. The predicted octanol–water partition coefficient (Wildman–Crippen LogP) is 2.24. The SMILES string of the molecule is Cc1nn(C)cc1C(=O)c1cccc(F)c1F. The van der Waals surface area contributed by atoms with Gasteiger partial charge in [0.05, 0.1) is 16.8 Å². The van der Waals surface area contributed by atoms with E-state index in [-0.39, 0.29) is 11.1 Å². The summed E-state index contributed by atoms with van der Waals surface area (Å²) in [4.78, 5) is 12.0. The number of carbonyl (C=O) groups is 1. The molecule has 0 amide bonds. The Hall–Kier alpha value is -2.04. The van der Waals surface area contributed by atoms with Crippen LogP contribution in [-0.2, 0) is 7.05 Å². The van der Waals surface area contributed by atoms with Crippen LogP contribution in [0.15, 0.2) is 24.4 Å². The number of rotatable bonds is 2. The third-order valence-electron chi connectivity index (χ3n) is 2.45. The summed E-state index contributed by atoms with van der Waals surface area (Å²) in [6.45, 7) is 1.64. The molecule has 0 fully saturated rings.